The second-order valence-corrected chi connectivity index (χ2v) is 5.70. The van der Waals surface area contributed by atoms with Gasteiger partial charge in [0, 0.05) is 24.2 Å². The molecule has 4 heteroatoms. The van der Waals surface area contributed by atoms with Gasteiger partial charge in [-0.1, -0.05) is 38.2 Å². The quantitative estimate of drug-likeness (QED) is 0.874. The van der Waals surface area contributed by atoms with Gasteiger partial charge in [0.25, 0.3) is 0 Å². The topological polar surface area (TPSA) is 64.3 Å². The van der Waals surface area contributed by atoms with E-state index in [1.54, 1.807) is 0 Å². The summed E-state index contributed by atoms with van der Waals surface area (Å²) in [6, 6.07) is 7.52. The van der Waals surface area contributed by atoms with Crippen molar-refractivity contribution >= 4 is 11.6 Å². The highest BCUT2D eigenvalue weighted by molar-refractivity contribution is 5.92. The second-order valence-electron chi connectivity index (χ2n) is 5.70. The highest BCUT2D eigenvalue weighted by Gasteiger charge is 2.19. The van der Waals surface area contributed by atoms with Crippen LogP contribution >= 0.6 is 0 Å². The van der Waals surface area contributed by atoms with Crippen molar-refractivity contribution in [2.24, 2.45) is 11.7 Å². The van der Waals surface area contributed by atoms with Crippen molar-refractivity contribution in [2.75, 3.05) is 18.5 Å². The lowest BCUT2D eigenvalue weighted by Crippen LogP contribution is -2.23. The number of hydrogen-bond acceptors (Lipinski definition) is 3. The van der Waals surface area contributed by atoms with Crippen LogP contribution in [0.4, 0.5) is 5.69 Å². The number of nitrogens with two attached hydrogens (primary N) is 1. The van der Waals surface area contributed by atoms with Crippen LogP contribution in [0.1, 0.15) is 44.9 Å². The van der Waals surface area contributed by atoms with Gasteiger partial charge in [0.1, 0.15) is 12.4 Å². The molecular weight excluding hydrogens is 264 g/mol. The van der Waals surface area contributed by atoms with E-state index in [4.69, 9.17) is 10.5 Å². The van der Waals surface area contributed by atoms with Gasteiger partial charge in [-0.25, -0.2) is 0 Å². The average molecular weight is 290 g/mol. The van der Waals surface area contributed by atoms with Crippen molar-refractivity contribution in [1.29, 1.82) is 0 Å². The van der Waals surface area contributed by atoms with Crippen molar-refractivity contribution in [3.63, 3.8) is 0 Å². The Bertz CT molecular complexity index is 440. The third-order valence-electron chi connectivity index (χ3n) is 3.96. The number of carbonyl (C=O) groups is 1. The first kappa shape index (κ1) is 15.8. The maximum absolute atomic E-state index is 12.4. The Balaban J connectivity index is 1.91. The zero-order chi connectivity index (χ0) is 14.9. The highest BCUT2D eigenvalue weighted by atomic mass is 16.5. The molecule has 1 aliphatic rings. The fourth-order valence-electron chi connectivity index (χ4n) is 2.80. The van der Waals surface area contributed by atoms with Crippen molar-refractivity contribution in [1.82, 2.24) is 0 Å². The molecule has 1 fully saturated rings. The molecule has 0 aliphatic heterocycles. The first-order valence-electron chi connectivity index (χ1n) is 8.03. The number of amides is 1. The van der Waals surface area contributed by atoms with Crippen LogP contribution in [-0.2, 0) is 4.79 Å². The van der Waals surface area contributed by atoms with E-state index in [1.165, 1.54) is 19.3 Å². The zero-order valence-corrected chi connectivity index (χ0v) is 12.6. The summed E-state index contributed by atoms with van der Waals surface area (Å²) >= 11 is 0. The third-order valence-corrected chi connectivity index (χ3v) is 3.96. The van der Waals surface area contributed by atoms with E-state index in [-0.39, 0.29) is 11.8 Å². The molecule has 0 saturated heterocycles. The number of anilines is 1. The minimum absolute atomic E-state index is 0.146. The molecule has 0 heterocycles. The van der Waals surface area contributed by atoms with E-state index in [2.05, 4.69) is 5.32 Å². The van der Waals surface area contributed by atoms with Crippen LogP contribution in [0.5, 0.6) is 5.75 Å². The van der Waals surface area contributed by atoms with Gasteiger partial charge in [-0.2, -0.15) is 0 Å². The van der Waals surface area contributed by atoms with Crippen molar-refractivity contribution in [2.45, 2.75) is 44.9 Å². The molecule has 0 unspecified atom stereocenters. The van der Waals surface area contributed by atoms with Crippen LogP contribution < -0.4 is 15.8 Å². The lowest BCUT2D eigenvalue weighted by molar-refractivity contribution is -0.120. The monoisotopic (exact) mass is 290 g/mol. The van der Waals surface area contributed by atoms with E-state index < -0.39 is 0 Å². The molecule has 21 heavy (non-hydrogen) atoms. The molecule has 1 saturated carbocycles. The Morgan fingerprint density at radius 2 is 1.90 bits per heavy atom. The second kappa shape index (κ2) is 8.67. The summed E-state index contributed by atoms with van der Waals surface area (Å²) in [4.78, 5) is 12.4. The molecule has 1 aromatic rings. The zero-order valence-electron chi connectivity index (χ0n) is 12.6. The normalized spacial score (nSPS) is 16.8. The number of nitrogens with one attached hydrogen (secondary N) is 1. The maximum atomic E-state index is 12.4. The van der Waals surface area contributed by atoms with Crippen LogP contribution in [0, 0.1) is 5.92 Å². The minimum Gasteiger partial charge on any atom is -0.492 e. The molecule has 1 amide bonds. The summed E-state index contributed by atoms with van der Waals surface area (Å²) in [7, 11) is 0. The van der Waals surface area contributed by atoms with Gasteiger partial charge in [0.2, 0.25) is 5.91 Å². The summed E-state index contributed by atoms with van der Waals surface area (Å²) < 4.78 is 5.48. The number of carbonyl (C=O) groups excluding carboxylic acids is 1. The fraction of sp³-hybridized carbons (Fsp3) is 0.588. The largest absolute Gasteiger partial charge is 0.492 e. The van der Waals surface area contributed by atoms with Crippen LogP contribution in [0.2, 0.25) is 0 Å². The number of benzene rings is 1. The Labute approximate surface area is 127 Å². The van der Waals surface area contributed by atoms with Gasteiger partial charge in [-0.15, -0.1) is 0 Å². The Kier molecular flexibility index (Phi) is 6.54. The summed E-state index contributed by atoms with van der Waals surface area (Å²) in [6.07, 6.45) is 8.17. The lowest BCUT2D eigenvalue weighted by atomic mass is 9.90. The molecule has 3 N–H and O–H groups in total. The fourth-order valence-corrected chi connectivity index (χ4v) is 2.80. The van der Waals surface area contributed by atoms with Crippen LogP contribution in [0.25, 0.3) is 0 Å². The van der Waals surface area contributed by atoms with E-state index in [1.807, 2.05) is 24.3 Å². The van der Waals surface area contributed by atoms with Gasteiger partial charge in [-0.3, -0.25) is 4.79 Å². The van der Waals surface area contributed by atoms with Gasteiger partial charge in [-0.05, 0) is 25.0 Å². The first-order valence-corrected chi connectivity index (χ1v) is 8.03. The SMILES string of the molecule is NCCOc1cccc(NC(=O)C2CCCCCCC2)c1. The Morgan fingerprint density at radius 3 is 2.62 bits per heavy atom. The summed E-state index contributed by atoms with van der Waals surface area (Å²) in [5.41, 5.74) is 6.23. The molecule has 1 aliphatic carbocycles. The summed E-state index contributed by atoms with van der Waals surface area (Å²) in [5.74, 6) is 1.04. The molecule has 116 valence electrons. The predicted molar refractivity (Wildman–Crippen MR) is 85.4 cm³/mol. The average Bonchev–Trinajstić information content (AvgIpc) is 2.45. The van der Waals surface area contributed by atoms with E-state index in [9.17, 15) is 4.79 Å². The predicted octanol–water partition coefficient (Wildman–Crippen LogP) is 3.32. The van der Waals surface area contributed by atoms with Crippen LogP contribution in [0.15, 0.2) is 24.3 Å². The van der Waals surface area contributed by atoms with Crippen molar-refractivity contribution in [3.05, 3.63) is 24.3 Å². The van der Waals surface area contributed by atoms with E-state index >= 15 is 0 Å². The molecule has 0 aromatic heterocycles. The van der Waals surface area contributed by atoms with Crippen LogP contribution in [0.3, 0.4) is 0 Å². The molecule has 0 atom stereocenters. The van der Waals surface area contributed by atoms with Crippen molar-refractivity contribution in [3.8, 4) is 5.75 Å². The third kappa shape index (κ3) is 5.38. The van der Waals surface area contributed by atoms with Crippen LogP contribution in [-0.4, -0.2) is 19.1 Å². The molecule has 4 nitrogen and oxygen atoms in total. The van der Waals surface area contributed by atoms with Gasteiger partial charge >= 0.3 is 0 Å². The van der Waals surface area contributed by atoms with Crippen molar-refractivity contribution < 1.29 is 9.53 Å². The highest BCUT2D eigenvalue weighted by Crippen LogP contribution is 2.24. The van der Waals surface area contributed by atoms with E-state index in [0.717, 1.165) is 37.1 Å². The summed E-state index contributed by atoms with van der Waals surface area (Å²) in [6.45, 7) is 0.971. The van der Waals surface area contributed by atoms with Gasteiger partial charge in [0.15, 0.2) is 0 Å². The standard InChI is InChI=1S/C17H26N2O2/c18-11-12-21-16-10-6-9-15(13-16)19-17(20)14-7-4-2-1-3-5-8-14/h6,9-10,13-14H,1-5,7-8,11-12,18H2,(H,19,20). The van der Waals surface area contributed by atoms with Gasteiger partial charge in [0.05, 0.1) is 0 Å². The summed E-state index contributed by atoms with van der Waals surface area (Å²) in [5, 5.41) is 3.03. The number of hydrogen-bond donors (Lipinski definition) is 2. The smallest absolute Gasteiger partial charge is 0.227 e. The maximum Gasteiger partial charge on any atom is 0.227 e. The number of rotatable bonds is 5. The van der Waals surface area contributed by atoms with E-state index in [0.29, 0.717) is 13.2 Å². The molecule has 0 radical (unpaired) electrons. The lowest BCUT2D eigenvalue weighted by Gasteiger charge is -2.19. The molecular formula is C17H26N2O2. The Morgan fingerprint density at radius 1 is 1.19 bits per heavy atom. The molecule has 1 aromatic carbocycles. The molecule has 0 bridgehead atoms. The van der Waals surface area contributed by atoms with Gasteiger partial charge < -0.3 is 15.8 Å². The number of ether oxygens (including phenoxy) is 1. The minimum atomic E-state index is 0.146. The molecule has 0 spiro atoms. The Hall–Kier alpha value is -1.55. The first-order chi connectivity index (χ1) is 10.3. The molecule has 2 rings (SSSR count).